The van der Waals surface area contributed by atoms with Gasteiger partial charge in [-0.25, -0.2) is 4.99 Å². The fourth-order valence-electron chi connectivity index (χ4n) is 2.84. The van der Waals surface area contributed by atoms with Crippen LogP contribution in [-0.4, -0.2) is 54.4 Å². The number of aryl methyl sites for hydroxylation is 2. The molecular weight excluding hydrogens is 288 g/mol. The van der Waals surface area contributed by atoms with Crippen LogP contribution in [-0.2, 0) is 11.3 Å². The number of aliphatic imine (C=N–C) groups is 1. The van der Waals surface area contributed by atoms with Crippen molar-refractivity contribution < 1.29 is 4.79 Å². The van der Waals surface area contributed by atoms with Crippen LogP contribution in [0.4, 0.5) is 0 Å². The van der Waals surface area contributed by atoms with E-state index in [2.05, 4.69) is 49.2 Å². The van der Waals surface area contributed by atoms with Crippen LogP contribution >= 0.6 is 0 Å². The number of nitrogens with zero attached hydrogens (tertiary/aromatic N) is 3. The van der Waals surface area contributed by atoms with E-state index in [9.17, 15) is 4.79 Å². The highest BCUT2D eigenvalue weighted by atomic mass is 16.2. The SMILES string of the molecule is CCNC(=NCc1ccc(C)cc1C)N1CCN(C(C)=O)CC1. The van der Waals surface area contributed by atoms with Crippen LogP contribution in [0.5, 0.6) is 0 Å². The van der Waals surface area contributed by atoms with Crippen LogP contribution in [0, 0.1) is 13.8 Å². The molecule has 126 valence electrons. The Hall–Kier alpha value is -2.04. The van der Waals surface area contributed by atoms with Crippen LogP contribution < -0.4 is 5.32 Å². The zero-order chi connectivity index (χ0) is 16.8. The summed E-state index contributed by atoms with van der Waals surface area (Å²) >= 11 is 0. The molecule has 1 N–H and O–H groups in total. The van der Waals surface area contributed by atoms with E-state index in [1.54, 1.807) is 6.92 Å². The van der Waals surface area contributed by atoms with E-state index in [0.29, 0.717) is 6.54 Å². The number of carbonyl (C=O) groups is 1. The Morgan fingerprint density at radius 3 is 2.39 bits per heavy atom. The molecule has 0 radical (unpaired) electrons. The molecule has 0 aromatic heterocycles. The second-order valence-electron chi connectivity index (χ2n) is 6.09. The average molecular weight is 316 g/mol. The van der Waals surface area contributed by atoms with Crippen LogP contribution in [0.15, 0.2) is 23.2 Å². The maximum atomic E-state index is 11.4. The molecule has 1 saturated heterocycles. The third kappa shape index (κ3) is 4.71. The fraction of sp³-hybridized carbons (Fsp3) is 0.556. The van der Waals surface area contributed by atoms with E-state index in [4.69, 9.17) is 4.99 Å². The molecule has 0 unspecified atom stereocenters. The van der Waals surface area contributed by atoms with Gasteiger partial charge in [-0.15, -0.1) is 0 Å². The van der Waals surface area contributed by atoms with Gasteiger partial charge in [0.25, 0.3) is 0 Å². The lowest BCUT2D eigenvalue weighted by molar-refractivity contribution is -0.130. The summed E-state index contributed by atoms with van der Waals surface area (Å²) in [6, 6.07) is 6.49. The topological polar surface area (TPSA) is 47.9 Å². The summed E-state index contributed by atoms with van der Waals surface area (Å²) < 4.78 is 0. The minimum absolute atomic E-state index is 0.155. The number of nitrogens with one attached hydrogen (secondary N) is 1. The highest BCUT2D eigenvalue weighted by Crippen LogP contribution is 2.12. The quantitative estimate of drug-likeness (QED) is 0.685. The highest BCUT2D eigenvalue weighted by Gasteiger charge is 2.20. The summed E-state index contributed by atoms with van der Waals surface area (Å²) in [5.41, 5.74) is 3.82. The number of hydrogen-bond donors (Lipinski definition) is 1. The van der Waals surface area contributed by atoms with Crippen molar-refractivity contribution in [2.24, 2.45) is 4.99 Å². The molecule has 1 aromatic carbocycles. The van der Waals surface area contributed by atoms with Crippen LogP contribution in [0.3, 0.4) is 0 Å². The van der Waals surface area contributed by atoms with Crippen molar-refractivity contribution in [2.45, 2.75) is 34.2 Å². The minimum atomic E-state index is 0.155. The fourth-order valence-corrected chi connectivity index (χ4v) is 2.84. The Kier molecular flexibility index (Phi) is 6.02. The van der Waals surface area contributed by atoms with Gasteiger partial charge in [-0.05, 0) is 31.9 Å². The third-order valence-electron chi connectivity index (χ3n) is 4.26. The monoisotopic (exact) mass is 316 g/mol. The van der Waals surface area contributed by atoms with Gasteiger partial charge >= 0.3 is 0 Å². The molecule has 0 aliphatic carbocycles. The van der Waals surface area contributed by atoms with Gasteiger partial charge in [0.1, 0.15) is 0 Å². The molecule has 1 fully saturated rings. The zero-order valence-electron chi connectivity index (χ0n) is 14.7. The number of amides is 1. The first kappa shape index (κ1) is 17.3. The van der Waals surface area contributed by atoms with Crippen molar-refractivity contribution in [3.8, 4) is 0 Å². The molecule has 1 aromatic rings. The standard InChI is InChI=1S/C18H28N4O/c1-5-19-18(22-10-8-21(9-11-22)16(4)23)20-13-17-7-6-14(2)12-15(17)3/h6-7,12H,5,8-11,13H2,1-4H3,(H,19,20). The Balaban J connectivity index is 2.04. The molecule has 1 amide bonds. The number of rotatable bonds is 3. The van der Waals surface area contributed by atoms with Gasteiger partial charge in [0.05, 0.1) is 6.54 Å². The molecule has 0 atom stereocenters. The summed E-state index contributed by atoms with van der Waals surface area (Å²) in [7, 11) is 0. The smallest absolute Gasteiger partial charge is 0.219 e. The van der Waals surface area contributed by atoms with E-state index in [0.717, 1.165) is 38.7 Å². The van der Waals surface area contributed by atoms with Crippen molar-refractivity contribution in [1.29, 1.82) is 0 Å². The predicted molar refractivity (Wildman–Crippen MR) is 94.6 cm³/mol. The second kappa shape index (κ2) is 7.99. The Labute approximate surface area is 139 Å². The van der Waals surface area contributed by atoms with Gasteiger partial charge in [-0.3, -0.25) is 4.79 Å². The molecule has 1 aliphatic rings. The van der Waals surface area contributed by atoms with E-state index in [1.165, 1.54) is 16.7 Å². The van der Waals surface area contributed by atoms with Gasteiger partial charge in [-0.2, -0.15) is 0 Å². The van der Waals surface area contributed by atoms with Gasteiger partial charge in [0.15, 0.2) is 5.96 Å². The Morgan fingerprint density at radius 2 is 1.83 bits per heavy atom. The summed E-state index contributed by atoms with van der Waals surface area (Å²) in [4.78, 5) is 20.4. The van der Waals surface area contributed by atoms with Crippen molar-refractivity contribution in [2.75, 3.05) is 32.7 Å². The maximum absolute atomic E-state index is 11.4. The summed E-state index contributed by atoms with van der Waals surface area (Å²) in [5, 5.41) is 3.37. The van der Waals surface area contributed by atoms with Crippen LogP contribution in [0.1, 0.15) is 30.5 Å². The first-order valence-electron chi connectivity index (χ1n) is 8.36. The summed E-state index contributed by atoms with van der Waals surface area (Å²) in [6.45, 7) is 12.7. The lowest BCUT2D eigenvalue weighted by Gasteiger charge is -2.36. The maximum Gasteiger partial charge on any atom is 0.219 e. The van der Waals surface area contributed by atoms with Gasteiger partial charge in [0, 0.05) is 39.6 Å². The van der Waals surface area contributed by atoms with E-state index < -0.39 is 0 Å². The van der Waals surface area contributed by atoms with Gasteiger partial charge < -0.3 is 15.1 Å². The molecule has 5 heteroatoms. The van der Waals surface area contributed by atoms with Gasteiger partial charge in [-0.1, -0.05) is 23.8 Å². The van der Waals surface area contributed by atoms with Crippen molar-refractivity contribution in [3.05, 3.63) is 34.9 Å². The number of hydrogen-bond acceptors (Lipinski definition) is 2. The molecule has 0 spiro atoms. The van der Waals surface area contributed by atoms with Crippen LogP contribution in [0.2, 0.25) is 0 Å². The first-order chi connectivity index (χ1) is 11.0. The third-order valence-corrected chi connectivity index (χ3v) is 4.26. The average Bonchev–Trinajstić information content (AvgIpc) is 2.53. The molecule has 23 heavy (non-hydrogen) atoms. The van der Waals surface area contributed by atoms with Crippen LogP contribution in [0.25, 0.3) is 0 Å². The zero-order valence-corrected chi connectivity index (χ0v) is 14.7. The number of guanidine groups is 1. The number of carbonyl (C=O) groups excluding carboxylic acids is 1. The number of benzene rings is 1. The van der Waals surface area contributed by atoms with Gasteiger partial charge in [0.2, 0.25) is 5.91 Å². The lowest BCUT2D eigenvalue weighted by atomic mass is 10.1. The van der Waals surface area contributed by atoms with E-state index in [-0.39, 0.29) is 5.91 Å². The Morgan fingerprint density at radius 1 is 1.17 bits per heavy atom. The Bertz CT molecular complexity index is 574. The summed E-state index contributed by atoms with van der Waals surface area (Å²) in [6.07, 6.45) is 0. The normalized spacial score (nSPS) is 15.7. The summed E-state index contributed by atoms with van der Waals surface area (Å²) in [5.74, 6) is 1.09. The lowest BCUT2D eigenvalue weighted by Crippen LogP contribution is -2.53. The molecule has 0 bridgehead atoms. The van der Waals surface area contributed by atoms with Crippen molar-refractivity contribution in [3.63, 3.8) is 0 Å². The van der Waals surface area contributed by atoms with E-state index >= 15 is 0 Å². The minimum Gasteiger partial charge on any atom is -0.357 e. The second-order valence-corrected chi connectivity index (χ2v) is 6.09. The first-order valence-corrected chi connectivity index (χ1v) is 8.36. The van der Waals surface area contributed by atoms with Crippen molar-refractivity contribution in [1.82, 2.24) is 15.1 Å². The van der Waals surface area contributed by atoms with E-state index in [1.807, 2.05) is 4.90 Å². The highest BCUT2D eigenvalue weighted by molar-refractivity contribution is 5.80. The van der Waals surface area contributed by atoms with Crippen molar-refractivity contribution >= 4 is 11.9 Å². The molecule has 1 heterocycles. The molecule has 0 saturated carbocycles. The molecule has 1 aliphatic heterocycles. The molecule has 5 nitrogen and oxygen atoms in total. The predicted octanol–water partition coefficient (Wildman–Crippen LogP) is 1.93. The number of piperazine rings is 1. The molecular formula is C18H28N4O. The largest absolute Gasteiger partial charge is 0.357 e. The molecule has 2 rings (SSSR count).